The van der Waals surface area contributed by atoms with Gasteiger partial charge in [0.25, 0.3) is 5.78 Å². The molecule has 2 heterocycles. The van der Waals surface area contributed by atoms with E-state index < -0.39 is 0 Å². The number of aromatic nitrogens is 4. The summed E-state index contributed by atoms with van der Waals surface area (Å²) in [6.45, 7) is 0. The lowest BCUT2D eigenvalue weighted by molar-refractivity contribution is 0.947. The van der Waals surface area contributed by atoms with Gasteiger partial charge >= 0.3 is 0 Å². The molecular weight excluding hydrogens is 400 g/mol. The van der Waals surface area contributed by atoms with E-state index >= 15 is 0 Å². The molecule has 0 aliphatic carbocycles. The second kappa shape index (κ2) is 5.10. The summed E-state index contributed by atoms with van der Waals surface area (Å²) in [5.74, 6) is 1.08. The number of rotatable bonds is 2. The summed E-state index contributed by atoms with van der Waals surface area (Å²) in [7, 11) is 0. The van der Waals surface area contributed by atoms with E-state index in [-0.39, 0.29) is 0 Å². The molecule has 0 atom stereocenters. The molecule has 3 aromatic rings. The fraction of sp³-hybridized carbons (Fsp3) is 0. The number of nitrogens with one attached hydrogen (secondary N) is 1. The van der Waals surface area contributed by atoms with Crippen molar-refractivity contribution in [2.24, 2.45) is 0 Å². The van der Waals surface area contributed by atoms with Crippen molar-refractivity contribution in [2.45, 2.75) is 0 Å². The molecule has 0 unspecified atom stereocenters. The Kier molecular flexibility index (Phi) is 3.46. The molecule has 96 valence electrons. The third kappa shape index (κ3) is 2.60. The van der Waals surface area contributed by atoms with E-state index in [9.17, 15) is 0 Å². The zero-order valence-corrected chi connectivity index (χ0v) is 13.0. The van der Waals surface area contributed by atoms with Gasteiger partial charge in [-0.2, -0.15) is 19.6 Å². The summed E-state index contributed by atoms with van der Waals surface area (Å²) in [4.78, 5) is 8.06. The van der Waals surface area contributed by atoms with Crippen LogP contribution in [-0.4, -0.2) is 19.6 Å². The SMILES string of the molecule is Clc1cc(Nc2cc(I)ccc2Cl)n2ncnc2n1. The van der Waals surface area contributed by atoms with Crippen molar-refractivity contribution in [3.8, 4) is 0 Å². The normalized spacial score (nSPS) is 10.9. The quantitative estimate of drug-likeness (QED) is 0.520. The smallest absolute Gasteiger partial charge is 0.255 e. The molecule has 0 spiro atoms. The van der Waals surface area contributed by atoms with Gasteiger partial charge in [0, 0.05) is 9.64 Å². The molecule has 0 fully saturated rings. The number of anilines is 2. The number of nitrogens with zero attached hydrogens (tertiary/aromatic N) is 4. The average molecular weight is 406 g/mol. The predicted octanol–water partition coefficient (Wildman–Crippen LogP) is 3.78. The van der Waals surface area contributed by atoms with E-state index in [1.165, 1.54) is 6.33 Å². The number of hydrogen-bond donors (Lipinski definition) is 1. The second-order valence-corrected chi connectivity index (χ2v) is 5.73. The Balaban J connectivity index is 2.10. The summed E-state index contributed by atoms with van der Waals surface area (Å²) in [6, 6.07) is 7.35. The van der Waals surface area contributed by atoms with E-state index in [1.807, 2.05) is 18.2 Å². The van der Waals surface area contributed by atoms with Gasteiger partial charge in [-0.3, -0.25) is 0 Å². The van der Waals surface area contributed by atoms with Gasteiger partial charge in [0.15, 0.2) is 0 Å². The van der Waals surface area contributed by atoms with Crippen molar-refractivity contribution in [1.29, 1.82) is 0 Å². The van der Waals surface area contributed by atoms with Crippen molar-refractivity contribution in [3.05, 3.63) is 44.3 Å². The first-order valence-electron chi connectivity index (χ1n) is 5.22. The molecule has 0 amide bonds. The minimum atomic E-state index is 0.338. The highest BCUT2D eigenvalue weighted by Crippen LogP contribution is 2.27. The van der Waals surface area contributed by atoms with Crippen molar-refractivity contribution >= 4 is 63.1 Å². The molecule has 0 aliphatic heterocycles. The zero-order valence-electron chi connectivity index (χ0n) is 9.31. The van der Waals surface area contributed by atoms with Crippen molar-refractivity contribution in [2.75, 3.05) is 5.32 Å². The van der Waals surface area contributed by atoms with Crippen LogP contribution in [0.25, 0.3) is 5.78 Å². The highest BCUT2D eigenvalue weighted by molar-refractivity contribution is 14.1. The fourth-order valence-corrected chi connectivity index (χ4v) is 2.44. The zero-order chi connectivity index (χ0) is 13.4. The van der Waals surface area contributed by atoms with E-state index in [4.69, 9.17) is 23.2 Å². The number of fused-ring (bicyclic) bond motifs is 1. The van der Waals surface area contributed by atoms with E-state index in [2.05, 4.69) is 43.0 Å². The van der Waals surface area contributed by atoms with E-state index in [0.29, 0.717) is 21.8 Å². The first kappa shape index (κ1) is 12.9. The fourth-order valence-electron chi connectivity index (χ4n) is 1.60. The third-order valence-electron chi connectivity index (χ3n) is 2.41. The molecule has 1 N–H and O–H groups in total. The van der Waals surface area contributed by atoms with Crippen LogP contribution in [-0.2, 0) is 0 Å². The van der Waals surface area contributed by atoms with Crippen LogP contribution < -0.4 is 5.32 Å². The minimum Gasteiger partial charge on any atom is -0.339 e. The summed E-state index contributed by atoms with van der Waals surface area (Å²) in [5, 5.41) is 8.22. The Bertz CT molecular complexity index is 758. The first-order valence-corrected chi connectivity index (χ1v) is 7.05. The van der Waals surface area contributed by atoms with Gasteiger partial charge in [0.2, 0.25) is 0 Å². The first-order chi connectivity index (χ1) is 9.13. The standard InChI is InChI=1S/C11H6Cl2IN5/c12-7-2-1-6(14)3-8(7)17-10-4-9(13)18-11-15-5-16-19(10)11/h1-5,17H. The van der Waals surface area contributed by atoms with Gasteiger partial charge in [-0.15, -0.1) is 0 Å². The summed E-state index contributed by atoms with van der Waals surface area (Å²) >= 11 is 14.3. The molecule has 8 heteroatoms. The van der Waals surface area contributed by atoms with Crippen LogP contribution in [0.1, 0.15) is 0 Å². The van der Waals surface area contributed by atoms with Crippen LogP contribution in [0.3, 0.4) is 0 Å². The summed E-state index contributed by atoms with van der Waals surface area (Å²) in [5.41, 5.74) is 0.771. The van der Waals surface area contributed by atoms with Crippen molar-refractivity contribution in [1.82, 2.24) is 19.6 Å². The Morgan fingerprint density at radius 2 is 2.05 bits per heavy atom. The van der Waals surface area contributed by atoms with Crippen LogP contribution in [0.4, 0.5) is 11.5 Å². The van der Waals surface area contributed by atoms with Crippen molar-refractivity contribution in [3.63, 3.8) is 0 Å². The monoisotopic (exact) mass is 405 g/mol. The highest BCUT2D eigenvalue weighted by Gasteiger charge is 2.08. The van der Waals surface area contributed by atoms with Gasteiger partial charge in [0.05, 0.1) is 10.7 Å². The Morgan fingerprint density at radius 3 is 2.89 bits per heavy atom. The molecule has 2 aromatic heterocycles. The number of hydrogen-bond acceptors (Lipinski definition) is 4. The Hall–Kier alpha value is -1.12. The molecule has 0 aliphatic rings. The topological polar surface area (TPSA) is 55.1 Å². The Morgan fingerprint density at radius 1 is 1.21 bits per heavy atom. The molecule has 0 saturated carbocycles. The van der Waals surface area contributed by atoms with E-state index in [0.717, 1.165) is 9.26 Å². The van der Waals surface area contributed by atoms with Gasteiger partial charge in [-0.1, -0.05) is 23.2 Å². The molecule has 19 heavy (non-hydrogen) atoms. The molecule has 0 saturated heterocycles. The molecule has 0 radical (unpaired) electrons. The summed E-state index contributed by atoms with van der Waals surface area (Å²) in [6.07, 6.45) is 1.42. The lowest BCUT2D eigenvalue weighted by Crippen LogP contribution is -2.02. The van der Waals surface area contributed by atoms with Crippen LogP contribution in [0, 0.1) is 3.57 Å². The number of benzene rings is 1. The largest absolute Gasteiger partial charge is 0.339 e. The number of halogens is 3. The average Bonchev–Trinajstić information content (AvgIpc) is 2.82. The van der Waals surface area contributed by atoms with Crippen LogP contribution >= 0.6 is 45.8 Å². The van der Waals surface area contributed by atoms with Crippen LogP contribution in [0.5, 0.6) is 0 Å². The molecule has 1 aromatic carbocycles. The van der Waals surface area contributed by atoms with Crippen LogP contribution in [0.15, 0.2) is 30.6 Å². The second-order valence-electron chi connectivity index (χ2n) is 3.69. The van der Waals surface area contributed by atoms with Gasteiger partial charge in [0.1, 0.15) is 17.3 Å². The predicted molar refractivity (Wildman–Crippen MR) is 83.2 cm³/mol. The van der Waals surface area contributed by atoms with Gasteiger partial charge in [-0.25, -0.2) is 0 Å². The molecular formula is C11H6Cl2IN5. The van der Waals surface area contributed by atoms with Crippen LogP contribution in [0.2, 0.25) is 10.2 Å². The molecule has 0 bridgehead atoms. The summed E-state index contributed by atoms with van der Waals surface area (Å²) < 4.78 is 2.63. The van der Waals surface area contributed by atoms with Gasteiger partial charge in [-0.05, 0) is 40.8 Å². The maximum atomic E-state index is 6.15. The third-order valence-corrected chi connectivity index (χ3v) is 3.61. The lowest BCUT2D eigenvalue weighted by atomic mass is 10.3. The minimum absolute atomic E-state index is 0.338. The van der Waals surface area contributed by atoms with E-state index in [1.54, 1.807) is 10.6 Å². The Labute approximate surface area is 132 Å². The van der Waals surface area contributed by atoms with Gasteiger partial charge < -0.3 is 5.32 Å². The lowest BCUT2D eigenvalue weighted by Gasteiger charge is -2.10. The molecule has 5 nitrogen and oxygen atoms in total. The highest BCUT2D eigenvalue weighted by atomic mass is 127. The maximum absolute atomic E-state index is 6.15. The molecule has 3 rings (SSSR count). The van der Waals surface area contributed by atoms with Crippen molar-refractivity contribution < 1.29 is 0 Å². The maximum Gasteiger partial charge on any atom is 0.255 e.